The van der Waals surface area contributed by atoms with Crippen LogP contribution in [0.5, 0.6) is 0 Å². The molecule has 3 aromatic carbocycles. The average Bonchev–Trinajstić information content (AvgIpc) is 3.34. The van der Waals surface area contributed by atoms with Gasteiger partial charge >= 0.3 is 0 Å². The number of nitrogens with zero attached hydrogens (tertiary/aromatic N) is 4. The van der Waals surface area contributed by atoms with Crippen molar-refractivity contribution in [2.24, 2.45) is 0 Å². The fraction of sp³-hybridized carbons (Fsp3) is 0.0385. The summed E-state index contributed by atoms with van der Waals surface area (Å²) in [5, 5.41) is 21.4. The smallest absolute Gasteiger partial charge is 0.258 e. The summed E-state index contributed by atoms with van der Waals surface area (Å²) in [6.45, 7) is 0. The van der Waals surface area contributed by atoms with E-state index in [1.165, 1.54) is 23.1 Å². The van der Waals surface area contributed by atoms with Crippen molar-refractivity contribution < 1.29 is 4.79 Å². The molecule has 0 atom stereocenters. The number of fused-ring (bicyclic) bond motifs is 1. The second kappa shape index (κ2) is 9.83. The van der Waals surface area contributed by atoms with Crippen molar-refractivity contribution in [2.75, 3.05) is 5.32 Å². The van der Waals surface area contributed by atoms with Gasteiger partial charge in [-0.25, -0.2) is 4.98 Å². The summed E-state index contributed by atoms with van der Waals surface area (Å²) in [7, 11) is 0. The molecule has 8 heteroatoms. The SMILES string of the molecule is N#Cc1ccc(CSc2nnc(NC(=O)c3cc(-c4ccccc4)nc4ccccc34)s2)cc1. The quantitative estimate of drug-likeness (QED) is 0.231. The van der Waals surface area contributed by atoms with Crippen LogP contribution in [0.15, 0.2) is 89.3 Å². The van der Waals surface area contributed by atoms with Gasteiger partial charge in [-0.3, -0.25) is 10.1 Å². The molecule has 0 unspecified atom stereocenters. The number of amides is 1. The number of carbonyl (C=O) groups is 1. The van der Waals surface area contributed by atoms with Crippen molar-refractivity contribution in [2.45, 2.75) is 10.1 Å². The third kappa shape index (κ3) is 4.81. The Kier molecular flexibility index (Phi) is 6.29. The lowest BCUT2D eigenvalue weighted by Crippen LogP contribution is -2.13. The molecule has 5 aromatic rings. The van der Waals surface area contributed by atoms with E-state index in [2.05, 4.69) is 21.6 Å². The Hall–Kier alpha value is -4.06. The number of benzene rings is 3. The fourth-order valence-corrected chi connectivity index (χ4v) is 5.13. The summed E-state index contributed by atoms with van der Waals surface area (Å²) < 4.78 is 0.754. The molecule has 0 bridgehead atoms. The topological polar surface area (TPSA) is 91.6 Å². The number of anilines is 1. The molecule has 0 aliphatic rings. The minimum Gasteiger partial charge on any atom is -0.296 e. The van der Waals surface area contributed by atoms with E-state index < -0.39 is 0 Å². The molecule has 2 aromatic heterocycles. The van der Waals surface area contributed by atoms with Gasteiger partial charge in [-0.15, -0.1) is 10.2 Å². The summed E-state index contributed by atoms with van der Waals surface area (Å²) in [6, 6.07) is 28.8. The predicted octanol–water partition coefficient (Wildman–Crippen LogP) is 6.17. The predicted molar refractivity (Wildman–Crippen MR) is 136 cm³/mol. The second-order valence-electron chi connectivity index (χ2n) is 7.36. The van der Waals surface area contributed by atoms with Crippen LogP contribution in [0.1, 0.15) is 21.5 Å². The van der Waals surface area contributed by atoms with Gasteiger partial charge in [0.05, 0.1) is 28.4 Å². The summed E-state index contributed by atoms with van der Waals surface area (Å²) >= 11 is 2.86. The molecule has 34 heavy (non-hydrogen) atoms. The zero-order chi connectivity index (χ0) is 23.3. The summed E-state index contributed by atoms with van der Waals surface area (Å²) in [5.41, 5.74) is 4.69. The maximum Gasteiger partial charge on any atom is 0.258 e. The first kappa shape index (κ1) is 21.8. The van der Waals surface area contributed by atoms with Crippen LogP contribution in [0.3, 0.4) is 0 Å². The molecule has 5 rings (SSSR count). The number of rotatable bonds is 6. The molecule has 0 radical (unpaired) electrons. The monoisotopic (exact) mass is 479 g/mol. The number of hydrogen-bond donors (Lipinski definition) is 1. The molecule has 6 nitrogen and oxygen atoms in total. The maximum atomic E-state index is 13.2. The van der Waals surface area contributed by atoms with E-state index in [0.29, 0.717) is 22.0 Å². The molecule has 0 aliphatic carbocycles. The molecule has 1 N–H and O–H groups in total. The number of aromatic nitrogens is 3. The first-order valence-corrected chi connectivity index (χ1v) is 12.2. The van der Waals surface area contributed by atoms with Crippen molar-refractivity contribution in [3.8, 4) is 17.3 Å². The van der Waals surface area contributed by atoms with Crippen LogP contribution in [0.4, 0.5) is 5.13 Å². The fourth-order valence-electron chi connectivity index (χ4n) is 3.42. The first-order chi connectivity index (χ1) is 16.7. The van der Waals surface area contributed by atoms with Gasteiger partial charge in [0.1, 0.15) is 0 Å². The molecule has 0 fully saturated rings. The van der Waals surface area contributed by atoms with Gasteiger partial charge in [0.2, 0.25) is 5.13 Å². The van der Waals surface area contributed by atoms with Crippen molar-refractivity contribution in [3.63, 3.8) is 0 Å². The van der Waals surface area contributed by atoms with E-state index >= 15 is 0 Å². The number of pyridine rings is 1. The van der Waals surface area contributed by atoms with Crippen LogP contribution in [0.25, 0.3) is 22.2 Å². The molecule has 0 aliphatic heterocycles. The minimum absolute atomic E-state index is 0.254. The number of nitriles is 1. The third-order valence-electron chi connectivity index (χ3n) is 5.10. The zero-order valence-corrected chi connectivity index (χ0v) is 19.4. The Morgan fingerprint density at radius 2 is 1.74 bits per heavy atom. The minimum atomic E-state index is -0.254. The molecular formula is C26H17N5OS2. The van der Waals surface area contributed by atoms with Crippen LogP contribution in [0, 0.1) is 11.3 Å². The van der Waals surface area contributed by atoms with Crippen LogP contribution in [-0.4, -0.2) is 21.1 Å². The van der Waals surface area contributed by atoms with Crippen LogP contribution < -0.4 is 5.32 Å². The maximum absolute atomic E-state index is 13.2. The average molecular weight is 480 g/mol. The van der Waals surface area contributed by atoms with Crippen molar-refractivity contribution in [1.29, 1.82) is 5.26 Å². The van der Waals surface area contributed by atoms with E-state index in [4.69, 9.17) is 10.2 Å². The third-order valence-corrected chi connectivity index (χ3v) is 7.15. The summed E-state index contributed by atoms with van der Waals surface area (Å²) in [4.78, 5) is 18.0. The van der Waals surface area contributed by atoms with Gasteiger partial charge < -0.3 is 0 Å². The number of carbonyl (C=O) groups excluding carboxylic acids is 1. The van der Waals surface area contributed by atoms with Gasteiger partial charge in [-0.05, 0) is 29.8 Å². The highest BCUT2D eigenvalue weighted by Gasteiger charge is 2.16. The first-order valence-electron chi connectivity index (χ1n) is 10.4. The van der Waals surface area contributed by atoms with Gasteiger partial charge in [0.15, 0.2) is 4.34 Å². The Morgan fingerprint density at radius 1 is 0.971 bits per heavy atom. The highest BCUT2D eigenvalue weighted by molar-refractivity contribution is 8.00. The standard InChI is InChI=1S/C26H17N5OS2/c27-15-17-10-12-18(13-11-17)16-33-26-31-30-25(34-26)29-24(32)21-14-23(19-6-2-1-3-7-19)28-22-9-5-4-8-20(21)22/h1-14H,16H2,(H,29,30,32). The summed E-state index contributed by atoms with van der Waals surface area (Å²) in [6.07, 6.45) is 0. The summed E-state index contributed by atoms with van der Waals surface area (Å²) in [5.74, 6) is 0.444. The van der Waals surface area contributed by atoms with E-state index in [9.17, 15) is 4.79 Å². The molecule has 0 saturated carbocycles. The number of nitrogens with one attached hydrogen (secondary N) is 1. The molecule has 0 saturated heterocycles. The van der Waals surface area contributed by atoms with Crippen LogP contribution >= 0.6 is 23.1 Å². The van der Waals surface area contributed by atoms with Crippen molar-refractivity contribution in [1.82, 2.24) is 15.2 Å². The normalized spacial score (nSPS) is 10.7. The number of para-hydroxylation sites is 1. The largest absolute Gasteiger partial charge is 0.296 e. The van der Waals surface area contributed by atoms with E-state index in [1.54, 1.807) is 12.1 Å². The number of hydrogen-bond acceptors (Lipinski definition) is 7. The Labute approximate surface area is 204 Å². The molecule has 164 valence electrons. The van der Waals surface area contributed by atoms with Gasteiger partial charge in [-0.1, -0.05) is 83.8 Å². The molecule has 2 heterocycles. The van der Waals surface area contributed by atoms with Crippen molar-refractivity contribution in [3.05, 3.63) is 102 Å². The van der Waals surface area contributed by atoms with Crippen LogP contribution in [0.2, 0.25) is 0 Å². The highest BCUT2D eigenvalue weighted by atomic mass is 32.2. The number of thioether (sulfide) groups is 1. The van der Waals surface area contributed by atoms with E-state index in [1.807, 2.05) is 72.8 Å². The van der Waals surface area contributed by atoms with Crippen LogP contribution in [-0.2, 0) is 5.75 Å². The van der Waals surface area contributed by atoms with Gasteiger partial charge in [0.25, 0.3) is 5.91 Å². The lowest BCUT2D eigenvalue weighted by molar-refractivity contribution is 0.102. The molecular weight excluding hydrogens is 462 g/mol. The lowest BCUT2D eigenvalue weighted by Gasteiger charge is -2.09. The second-order valence-corrected chi connectivity index (χ2v) is 9.56. The van der Waals surface area contributed by atoms with Gasteiger partial charge in [0, 0.05) is 16.7 Å². The van der Waals surface area contributed by atoms with E-state index in [0.717, 1.165) is 32.1 Å². The highest BCUT2D eigenvalue weighted by Crippen LogP contribution is 2.30. The van der Waals surface area contributed by atoms with Gasteiger partial charge in [-0.2, -0.15) is 5.26 Å². The zero-order valence-electron chi connectivity index (χ0n) is 17.8. The van der Waals surface area contributed by atoms with Crippen molar-refractivity contribution >= 4 is 45.0 Å². The van der Waals surface area contributed by atoms with E-state index in [-0.39, 0.29) is 5.91 Å². The Bertz CT molecular complexity index is 1510. The Morgan fingerprint density at radius 3 is 2.53 bits per heavy atom. The lowest BCUT2D eigenvalue weighted by atomic mass is 10.0. The molecule has 1 amide bonds. The Balaban J connectivity index is 1.35. The molecule has 0 spiro atoms.